The van der Waals surface area contributed by atoms with Gasteiger partial charge in [-0.25, -0.2) is 9.78 Å². The summed E-state index contributed by atoms with van der Waals surface area (Å²) in [6.45, 7) is 0. The third kappa shape index (κ3) is 5.50. The van der Waals surface area contributed by atoms with Crippen LogP contribution in [0.5, 0.6) is 5.75 Å². The van der Waals surface area contributed by atoms with Gasteiger partial charge in [-0.2, -0.15) is 5.10 Å². The minimum atomic E-state index is -0.559. The van der Waals surface area contributed by atoms with Gasteiger partial charge in [0.05, 0.1) is 26.7 Å². The number of esters is 1. The highest BCUT2D eigenvalue weighted by Crippen LogP contribution is 2.23. The van der Waals surface area contributed by atoms with Crippen molar-refractivity contribution in [3.05, 3.63) is 92.1 Å². The molecule has 1 aromatic heterocycles. The van der Waals surface area contributed by atoms with Crippen molar-refractivity contribution in [2.45, 2.75) is 0 Å². The molecule has 29 heavy (non-hydrogen) atoms. The SMILES string of the molecule is O=C(Oc1ccc(/C=N\Nc2ccc([N+](=O)[O-])cn2)cc1)c1ccc(Cl)c(Cl)c1. The Hall–Kier alpha value is -3.49. The molecule has 0 radical (unpaired) electrons. The maximum Gasteiger partial charge on any atom is 0.343 e. The van der Waals surface area contributed by atoms with Crippen LogP contribution in [0.3, 0.4) is 0 Å². The largest absolute Gasteiger partial charge is 0.423 e. The molecule has 8 nitrogen and oxygen atoms in total. The van der Waals surface area contributed by atoms with Crippen molar-refractivity contribution in [1.29, 1.82) is 0 Å². The number of ether oxygens (including phenoxy) is 1. The summed E-state index contributed by atoms with van der Waals surface area (Å²) in [5.41, 5.74) is 3.57. The summed E-state index contributed by atoms with van der Waals surface area (Å²) in [7, 11) is 0. The summed E-state index contributed by atoms with van der Waals surface area (Å²) >= 11 is 11.7. The predicted octanol–water partition coefficient (Wildman–Crippen LogP) is 4.96. The first kappa shape index (κ1) is 20.2. The smallest absolute Gasteiger partial charge is 0.343 e. The second kappa shape index (κ2) is 9.13. The number of hydrogen-bond donors (Lipinski definition) is 1. The van der Waals surface area contributed by atoms with Crippen molar-refractivity contribution in [1.82, 2.24) is 4.98 Å². The highest BCUT2D eigenvalue weighted by atomic mass is 35.5. The number of nitrogens with zero attached hydrogens (tertiary/aromatic N) is 3. The maximum atomic E-state index is 12.1. The summed E-state index contributed by atoms with van der Waals surface area (Å²) in [6, 6.07) is 13.9. The summed E-state index contributed by atoms with van der Waals surface area (Å²) in [6.07, 6.45) is 2.66. The lowest BCUT2D eigenvalue weighted by Gasteiger charge is -2.05. The molecule has 3 aromatic rings. The fourth-order valence-electron chi connectivity index (χ4n) is 2.14. The van der Waals surface area contributed by atoms with Crippen LogP contribution in [0, 0.1) is 10.1 Å². The lowest BCUT2D eigenvalue weighted by molar-refractivity contribution is -0.385. The van der Waals surface area contributed by atoms with Gasteiger partial charge in [0.1, 0.15) is 17.8 Å². The summed E-state index contributed by atoms with van der Waals surface area (Å²) in [4.78, 5) is 26.1. The Labute approximate surface area is 174 Å². The van der Waals surface area contributed by atoms with Gasteiger partial charge in [0.25, 0.3) is 5.69 Å². The number of pyridine rings is 1. The minimum Gasteiger partial charge on any atom is -0.423 e. The average molecular weight is 431 g/mol. The number of nitro groups is 1. The number of hydrazone groups is 1. The molecule has 0 saturated heterocycles. The Morgan fingerprint density at radius 2 is 1.86 bits per heavy atom. The normalized spacial score (nSPS) is 10.7. The van der Waals surface area contributed by atoms with Crippen molar-refractivity contribution in [3.63, 3.8) is 0 Å². The first-order valence-electron chi connectivity index (χ1n) is 8.09. The second-order valence-corrected chi connectivity index (χ2v) is 6.43. The summed E-state index contributed by atoms with van der Waals surface area (Å²) in [5.74, 6) is 0.151. The summed E-state index contributed by atoms with van der Waals surface area (Å²) in [5, 5.41) is 15.2. The van der Waals surface area contributed by atoms with Crippen molar-refractivity contribution in [2.75, 3.05) is 5.43 Å². The topological polar surface area (TPSA) is 107 Å². The molecule has 0 saturated carbocycles. The number of carbonyl (C=O) groups is 1. The van der Waals surface area contributed by atoms with Crippen molar-refractivity contribution >= 4 is 46.9 Å². The van der Waals surface area contributed by atoms with Crippen LogP contribution in [0.2, 0.25) is 10.0 Å². The van der Waals surface area contributed by atoms with Crippen LogP contribution >= 0.6 is 23.2 Å². The van der Waals surface area contributed by atoms with Crippen LogP contribution < -0.4 is 10.2 Å². The van der Waals surface area contributed by atoms with E-state index in [4.69, 9.17) is 27.9 Å². The Morgan fingerprint density at radius 3 is 2.48 bits per heavy atom. The number of benzene rings is 2. The van der Waals surface area contributed by atoms with Gasteiger partial charge in [-0.1, -0.05) is 23.2 Å². The van der Waals surface area contributed by atoms with Crippen molar-refractivity contribution in [3.8, 4) is 5.75 Å². The Bertz CT molecular complexity index is 1070. The van der Waals surface area contributed by atoms with E-state index >= 15 is 0 Å². The predicted molar refractivity (Wildman–Crippen MR) is 110 cm³/mol. The van der Waals surface area contributed by atoms with Crippen LogP contribution in [0.25, 0.3) is 0 Å². The molecule has 0 atom stereocenters. The molecule has 10 heteroatoms. The molecule has 0 aliphatic heterocycles. The first-order chi connectivity index (χ1) is 13.9. The number of rotatable bonds is 6. The van der Waals surface area contributed by atoms with E-state index < -0.39 is 10.9 Å². The number of hydrogen-bond acceptors (Lipinski definition) is 7. The molecular weight excluding hydrogens is 419 g/mol. The maximum absolute atomic E-state index is 12.1. The van der Waals surface area contributed by atoms with Gasteiger partial charge in [-0.05, 0) is 54.1 Å². The van der Waals surface area contributed by atoms with Gasteiger partial charge in [0.2, 0.25) is 0 Å². The quantitative estimate of drug-likeness (QED) is 0.194. The molecule has 1 N–H and O–H groups in total. The molecule has 1 heterocycles. The third-order valence-electron chi connectivity index (χ3n) is 3.60. The van der Waals surface area contributed by atoms with Crippen LogP contribution in [0.1, 0.15) is 15.9 Å². The van der Waals surface area contributed by atoms with Crippen LogP contribution in [-0.4, -0.2) is 22.1 Å². The lowest BCUT2D eigenvalue weighted by Crippen LogP contribution is -2.08. The van der Waals surface area contributed by atoms with E-state index in [9.17, 15) is 14.9 Å². The molecule has 0 bridgehead atoms. The number of aromatic nitrogens is 1. The molecule has 0 unspecified atom stereocenters. The van der Waals surface area contributed by atoms with E-state index in [0.29, 0.717) is 16.6 Å². The molecule has 0 aliphatic rings. The molecule has 0 amide bonds. The lowest BCUT2D eigenvalue weighted by atomic mass is 10.2. The van der Waals surface area contributed by atoms with Gasteiger partial charge in [-0.15, -0.1) is 0 Å². The molecule has 3 rings (SSSR count). The highest BCUT2D eigenvalue weighted by molar-refractivity contribution is 6.42. The van der Waals surface area contributed by atoms with Gasteiger partial charge in [0, 0.05) is 6.07 Å². The second-order valence-electron chi connectivity index (χ2n) is 5.62. The van der Waals surface area contributed by atoms with Crippen molar-refractivity contribution < 1.29 is 14.5 Å². The fourth-order valence-corrected chi connectivity index (χ4v) is 2.44. The van der Waals surface area contributed by atoms with E-state index in [1.807, 2.05) is 0 Å². The zero-order valence-electron chi connectivity index (χ0n) is 14.6. The van der Waals surface area contributed by atoms with E-state index in [0.717, 1.165) is 11.8 Å². The molecular formula is C19H12Cl2N4O4. The Kier molecular flexibility index (Phi) is 6.38. The summed E-state index contributed by atoms with van der Waals surface area (Å²) < 4.78 is 5.29. The number of nitrogens with one attached hydrogen (secondary N) is 1. The molecule has 2 aromatic carbocycles. The standard InChI is InChI=1S/C19H12Cl2N4O4/c20-16-7-3-13(9-17(16)21)19(26)29-15-5-1-12(2-6-15)10-23-24-18-8-4-14(11-22-18)25(27)28/h1-11H,(H,22,24)/b23-10-. The van der Waals surface area contributed by atoms with Crippen LogP contribution in [-0.2, 0) is 0 Å². The number of carbonyl (C=O) groups excluding carboxylic acids is 1. The monoisotopic (exact) mass is 430 g/mol. The number of halogens is 2. The minimum absolute atomic E-state index is 0.106. The zero-order valence-corrected chi connectivity index (χ0v) is 16.1. The van der Waals surface area contributed by atoms with Crippen molar-refractivity contribution in [2.24, 2.45) is 5.10 Å². The zero-order chi connectivity index (χ0) is 20.8. The molecule has 146 valence electrons. The van der Waals surface area contributed by atoms with Crippen LogP contribution in [0.4, 0.5) is 11.5 Å². The Morgan fingerprint density at radius 1 is 1.10 bits per heavy atom. The molecule has 0 fully saturated rings. The first-order valence-corrected chi connectivity index (χ1v) is 8.85. The average Bonchev–Trinajstić information content (AvgIpc) is 2.71. The van der Waals surface area contributed by atoms with E-state index in [2.05, 4.69) is 15.5 Å². The van der Waals surface area contributed by atoms with Gasteiger partial charge in [-0.3, -0.25) is 15.5 Å². The molecule has 0 aliphatic carbocycles. The molecule has 0 spiro atoms. The van der Waals surface area contributed by atoms with E-state index in [1.54, 1.807) is 24.3 Å². The number of anilines is 1. The van der Waals surface area contributed by atoms with Gasteiger partial charge >= 0.3 is 5.97 Å². The highest BCUT2D eigenvalue weighted by Gasteiger charge is 2.10. The van der Waals surface area contributed by atoms with E-state index in [1.165, 1.54) is 36.5 Å². The van der Waals surface area contributed by atoms with Gasteiger partial charge in [0.15, 0.2) is 0 Å². The third-order valence-corrected chi connectivity index (χ3v) is 4.34. The Balaban J connectivity index is 1.58. The van der Waals surface area contributed by atoms with E-state index in [-0.39, 0.29) is 16.3 Å². The van der Waals surface area contributed by atoms with Gasteiger partial charge < -0.3 is 4.74 Å². The van der Waals surface area contributed by atoms with Crippen LogP contribution in [0.15, 0.2) is 65.9 Å². The fraction of sp³-hybridized carbons (Fsp3) is 0.